The van der Waals surface area contributed by atoms with E-state index in [-0.39, 0.29) is 6.09 Å². The Morgan fingerprint density at radius 1 is 1.08 bits per heavy atom. The van der Waals surface area contributed by atoms with Gasteiger partial charge in [-0.15, -0.1) is 0 Å². The summed E-state index contributed by atoms with van der Waals surface area (Å²) in [4.78, 5) is 14.2. The fraction of sp³-hybridized carbons (Fsp3) is 0.350. The van der Waals surface area contributed by atoms with E-state index >= 15 is 0 Å². The Bertz CT molecular complexity index is 716. The number of hydrogen-bond donors (Lipinski definition) is 0. The molecule has 1 aliphatic heterocycles. The van der Waals surface area contributed by atoms with Crippen molar-refractivity contribution in [3.63, 3.8) is 0 Å². The van der Waals surface area contributed by atoms with Crippen LogP contribution in [0.2, 0.25) is 5.02 Å². The van der Waals surface area contributed by atoms with E-state index in [1.165, 1.54) is 5.56 Å². The van der Waals surface area contributed by atoms with Gasteiger partial charge < -0.3 is 9.64 Å². The fourth-order valence-corrected chi connectivity index (χ4v) is 4.09. The van der Waals surface area contributed by atoms with Gasteiger partial charge in [-0.2, -0.15) is 0 Å². The quantitative estimate of drug-likeness (QED) is 0.809. The number of halogens is 1. The summed E-state index contributed by atoms with van der Waals surface area (Å²) in [5.41, 5.74) is 2.35. The summed E-state index contributed by atoms with van der Waals surface area (Å²) in [5, 5.41) is 0.771. The van der Waals surface area contributed by atoms with Crippen LogP contribution in [0, 0.1) is 11.8 Å². The number of benzene rings is 2. The van der Waals surface area contributed by atoms with Crippen LogP contribution in [0.3, 0.4) is 0 Å². The summed E-state index contributed by atoms with van der Waals surface area (Å²) in [5.74, 6) is 1.70. The van der Waals surface area contributed by atoms with E-state index < -0.39 is 0 Å². The highest BCUT2D eigenvalue weighted by atomic mass is 35.5. The van der Waals surface area contributed by atoms with Crippen LogP contribution in [0.15, 0.2) is 54.6 Å². The van der Waals surface area contributed by atoms with Gasteiger partial charge in [0.15, 0.2) is 0 Å². The van der Waals surface area contributed by atoms with Gasteiger partial charge in [0.1, 0.15) is 6.61 Å². The lowest BCUT2D eigenvalue weighted by atomic mass is 9.64. The van der Waals surface area contributed by atoms with E-state index in [2.05, 4.69) is 12.1 Å². The molecular formula is C20H20ClNO2. The summed E-state index contributed by atoms with van der Waals surface area (Å²) in [7, 11) is 0. The van der Waals surface area contributed by atoms with Crippen LogP contribution in [-0.2, 0) is 11.3 Å². The molecule has 1 amide bonds. The van der Waals surface area contributed by atoms with Gasteiger partial charge in [0.25, 0.3) is 0 Å². The highest BCUT2D eigenvalue weighted by molar-refractivity contribution is 6.30. The number of rotatable bonds is 3. The lowest BCUT2D eigenvalue weighted by Gasteiger charge is -2.39. The van der Waals surface area contributed by atoms with Crippen molar-refractivity contribution < 1.29 is 9.53 Å². The molecule has 4 heteroatoms. The van der Waals surface area contributed by atoms with Gasteiger partial charge in [0.05, 0.1) is 0 Å². The minimum Gasteiger partial charge on any atom is -0.445 e. The molecule has 0 radical (unpaired) electrons. The molecule has 2 fully saturated rings. The monoisotopic (exact) mass is 341 g/mol. The molecule has 24 heavy (non-hydrogen) atoms. The summed E-state index contributed by atoms with van der Waals surface area (Å²) in [6, 6.07) is 17.9. The average molecular weight is 342 g/mol. The van der Waals surface area contributed by atoms with E-state index in [1.54, 1.807) is 0 Å². The summed E-state index contributed by atoms with van der Waals surface area (Å²) < 4.78 is 5.46. The van der Waals surface area contributed by atoms with Gasteiger partial charge in [-0.3, -0.25) is 0 Å². The maximum Gasteiger partial charge on any atom is 0.410 e. The lowest BCUT2D eigenvalue weighted by Crippen LogP contribution is -2.33. The van der Waals surface area contributed by atoms with Gasteiger partial charge in [0, 0.05) is 18.1 Å². The minimum atomic E-state index is -0.192. The van der Waals surface area contributed by atoms with Gasteiger partial charge in [-0.05, 0) is 47.4 Å². The maximum absolute atomic E-state index is 12.3. The van der Waals surface area contributed by atoms with Gasteiger partial charge >= 0.3 is 6.09 Å². The van der Waals surface area contributed by atoms with Crippen molar-refractivity contribution in [2.24, 2.45) is 11.8 Å². The number of likely N-dealkylation sites (tertiary alicyclic amines) is 1. The van der Waals surface area contributed by atoms with Crippen molar-refractivity contribution >= 4 is 17.7 Å². The molecule has 0 unspecified atom stereocenters. The average Bonchev–Trinajstić information content (AvgIpc) is 2.93. The second kappa shape index (κ2) is 6.48. The molecule has 4 rings (SSSR count). The number of carbonyl (C=O) groups excluding carboxylic acids is 1. The first-order chi connectivity index (χ1) is 11.7. The lowest BCUT2D eigenvalue weighted by molar-refractivity contribution is 0.103. The van der Waals surface area contributed by atoms with E-state index in [1.807, 2.05) is 47.4 Å². The summed E-state index contributed by atoms with van der Waals surface area (Å²) in [6.45, 7) is 1.96. The fourth-order valence-electron chi connectivity index (χ4n) is 3.96. The van der Waals surface area contributed by atoms with Crippen LogP contribution in [0.25, 0.3) is 0 Å². The third-order valence-electron chi connectivity index (χ3n) is 5.33. The molecule has 0 N–H and O–H groups in total. The standard InChI is InChI=1S/C20H20ClNO2/c21-17-8-6-15(7-9-17)18-10-16-11-22(12-19(16)18)20(23)24-13-14-4-2-1-3-5-14/h1-9,16,18-19H,10-13H2/t16-,18-,19+/m1/s1. The molecule has 0 bridgehead atoms. The van der Waals surface area contributed by atoms with Crippen LogP contribution in [0.4, 0.5) is 4.79 Å². The molecule has 1 heterocycles. The van der Waals surface area contributed by atoms with Gasteiger partial charge in [-0.25, -0.2) is 4.79 Å². The molecule has 2 aromatic rings. The van der Waals surface area contributed by atoms with Crippen molar-refractivity contribution in [2.45, 2.75) is 18.9 Å². The van der Waals surface area contributed by atoms with Gasteiger partial charge in [-0.1, -0.05) is 54.1 Å². The zero-order valence-corrected chi connectivity index (χ0v) is 14.2. The third kappa shape index (κ3) is 3.01. The molecular weight excluding hydrogens is 322 g/mol. The van der Waals surface area contributed by atoms with Crippen molar-refractivity contribution in [1.82, 2.24) is 4.90 Å². The Morgan fingerprint density at radius 3 is 2.58 bits per heavy atom. The molecule has 1 saturated heterocycles. The molecule has 1 saturated carbocycles. The van der Waals surface area contributed by atoms with E-state index in [0.717, 1.165) is 30.1 Å². The Balaban J connectivity index is 1.33. The molecule has 0 spiro atoms. The summed E-state index contributed by atoms with van der Waals surface area (Å²) >= 11 is 5.97. The zero-order chi connectivity index (χ0) is 16.5. The SMILES string of the molecule is O=C(OCc1ccccc1)N1C[C@H]2C[C@H](c3ccc(Cl)cc3)[C@H]2C1. The van der Waals surface area contributed by atoms with Crippen LogP contribution in [0.1, 0.15) is 23.5 Å². The number of carbonyl (C=O) groups is 1. The van der Waals surface area contributed by atoms with Crippen LogP contribution < -0.4 is 0 Å². The van der Waals surface area contributed by atoms with Crippen LogP contribution >= 0.6 is 11.6 Å². The summed E-state index contributed by atoms with van der Waals surface area (Å²) in [6.07, 6.45) is 0.956. The Labute approximate surface area is 147 Å². The van der Waals surface area contributed by atoms with Crippen molar-refractivity contribution in [3.05, 3.63) is 70.7 Å². The van der Waals surface area contributed by atoms with Crippen LogP contribution in [-0.4, -0.2) is 24.1 Å². The van der Waals surface area contributed by atoms with Crippen molar-refractivity contribution in [2.75, 3.05) is 13.1 Å². The second-order valence-corrected chi connectivity index (χ2v) is 7.20. The minimum absolute atomic E-state index is 0.192. The van der Waals surface area contributed by atoms with Crippen LogP contribution in [0.5, 0.6) is 0 Å². The van der Waals surface area contributed by atoms with Crippen molar-refractivity contribution in [1.29, 1.82) is 0 Å². The van der Waals surface area contributed by atoms with E-state index in [4.69, 9.17) is 16.3 Å². The highest BCUT2D eigenvalue weighted by Crippen LogP contribution is 2.51. The first-order valence-corrected chi connectivity index (χ1v) is 8.79. The highest BCUT2D eigenvalue weighted by Gasteiger charge is 2.48. The third-order valence-corrected chi connectivity index (χ3v) is 5.58. The molecule has 124 valence electrons. The molecule has 0 aromatic heterocycles. The first kappa shape index (κ1) is 15.5. The van der Waals surface area contributed by atoms with Gasteiger partial charge in [0.2, 0.25) is 0 Å². The normalized spacial score (nSPS) is 25.0. The Hall–Kier alpha value is -2.00. The molecule has 2 aliphatic rings. The largest absolute Gasteiger partial charge is 0.445 e. The molecule has 2 aromatic carbocycles. The number of ether oxygens (including phenoxy) is 1. The van der Waals surface area contributed by atoms with E-state index in [9.17, 15) is 4.79 Å². The number of fused-ring (bicyclic) bond motifs is 1. The predicted octanol–water partition coefficient (Wildman–Crippen LogP) is 4.71. The first-order valence-electron chi connectivity index (χ1n) is 8.42. The molecule has 3 atom stereocenters. The number of hydrogen-bond acceptors (Lipinski definition) is 2. The number of nitrogens with zero attached hydrogens (tertiary/aromatic N) is 1. The Morgan fingerprint density at radius 2 is 1.83 bits per heavy atom. The maximum atomic E-state index is 12.3. The Kier molecular flexibility index (Phi) is 4.19. The predicted molar refractivity (Wildman–Crippen MR) is 94.0 cm³/mol. The second-order valence-electron chi connectivity index (χ2n) is 6.76. The molecule has 1 aliphatic carbocycles. The van der Waals surface area contributed by atoms with E-state index in [0.29, 0.717) is 24.4 Å². The topological polar surface area (TPSA) is 29.5 Å². The molecule has 3 nitrogen and oxygen atoms in total. The van der Waals surface area contributed by atoms with Crippen molar-refractivity contribution in [3.8, 4) is 0 Å². The number of amides is 1. The zero-order valence-electron chi connectivity index (χ0n) is 13.4. The smallest absolute Gasteiger partial charge is 0.410 e.